The van der Waals surface area contributed by atoms with Gasteiger partial charge < -0.3 is 25.0 Å². The molecule has 5 nitrogen and oxygen atoms in total. The average molecular weight is 369 g/mol. The Morgan fingerprint density at radius 1 is 1.19 bits per heavy atom. The van der Waals surface area contributed by atoms with Gasteiger partial charge in [0, 0.05) is 16.3 Å². The molecule has 0 spiro atoms. The van der Waals surface area contributed by atoms with E-state index in [4.69, 9.17) is 4.74 Å². The lowest BCUT2D eigenvalue weighted by molar-refractivity contribution is 0.283. The van der Waals surface area contributed by atoms with E-state index >= 15 is 0 Å². The maximum absolute atomic E-state index is 10.6. The van der Waals surface area contributed by atoms with Gasteiger partial charge in [-0.3, -0.25) is 0 Å². The number of aliphatic hydroxyl groups excluding tert-OH is 1. The fraction of sp³-hybridized carbons (Fsp3) is 0.455. The van der Waals surface area contributed by atoms with Gasteiger partial charge in [0.1, 0.15) is 17.6 Å². The van der Waals surface area contributed by atoms with Crippen molar-refractivity contribution in [3.63, 3.8) is 0 Å². The van der Waals surface area contributed by atoms with Gasteiger partial charge >= 0.3 is 0 Å². The highest BCUT2D eigenvalue weighted by molar-refractivity contribution is 6.12. The summed E-state index contributed by atoms with van der Waals surface area (Å²) in [6.45, 7) is 8.28. The van der Waals surface area contributed by atoms with E-state index < -0.39 is 0 Å². The third-order valence-electron chi connectivity index (χ3n) is 5.93. The molecule has 144 valence electrons. The molecule has 1 fully saturated rings. The standard InChI is InChI=1S/C22H27NO4/c1-11(2)7-8-22(4)21(27-22)17-12(3)16(26)9-14-18-13(10-24)5-6-15(25)20(18)23-19(14)17/h5-6,9,11,21,23-26H,7-8,10H2,1-4H3. The van der Waals surface area contributed by atoms with E-state index in [-0.39, 0.29) is 29.8 Å². The van der Waals surface area contributed by atoms with E-state index in [2.05, 4.69) is 25.8 Å². The zero-order valence-corrected chi connectivity index (χ0v) is 16.3. The summed E-state index contributed by atoms with van der Waals surface area (Å²) in [4.78, 5) is 3.33. The number of hydrogen-bond donors (Lipinski definition) is 4. The van der Waals surface area contributed by atoms with Gasteiger partial charge in [0.15, 0.2) is 0 Å². The highest BCUT2D eigenvalue weighted by Crippen LogP contribution is 2.56. The number of phenolic OH excluding ortho intramolecular Hbond substituents is 2. The summed E-state index contributed by atoms with van der Waals surface area (Å²) in [6.07, 6.45) is 1.94. The summed E-state index contributed by atoms with van der Waals surface area (Å²) in [6, 6.07) is 5.00. The summed E-state index contributed by atoms with van der Waals surface area (Å²) < 4.78 is 6.12. The Hall–Kier alpha value is -2.24. The van der Waals surface area contributed by atoms with Crippen LogP contribution in [-0.2, 0) is 11.3 Å². The third kappa shape index (κ3) is 2.77. The minimum Gasteiger partial charge on any atom is -0.508 e. The van der Waals surface area contributed by atoms with Crippen LogP contribution >= 0.6 is 0 Å². The Morgan fingerprint density at radius 3 is 2.59 bits per heavy atom. The predicted octanol–water partition coefficient (Wildman–Crippen LogP) is 4.80. The van der Waals surface area contributed by atoms with Crippen LogP contribution in [0.25, 0.3) is 21.8 Å². The maximum atomic E-state index is 10.6. The Morgan fingerprint density at radius 2 is 1.93 bits per heavy atom. The van der Waals surface area contributed by atoms with Gasteiger partial charge in [-0.1, -0.05) is 19.9 Å². The van der Waals surface area contributed by atoms with Gasteiger partial charge in [-0.05, 0) is 55.9 Å². The van der Waals surface area contributed by atoms with Crippen molar-refractivity contribution in [1.29, 1.82) is 0 Å². The molecule has 0 amide bonds. The Bertz CT molecular complexity index is 1040. The fourth-order valence-electron chi connectivity index (χ4n) is 4.14. The van der Waals surface area contributed by atoms with Crippen molar-refractivity contribution in [2.45, 2.75) is 58.8 Å². The quantitative estimate of drug-likeness (QED) is 0.486. The zero-order valence-electron chi connectivity index (χ0n) is 16.3. The van der Waals surface area contributed by atoms with Crippen LogP contribution < -0.4 is 0 Å². The highest BCUT2D eigenvalue weighted by Gasteiger charge is 2.54. The van der Waals surface area contributed by atoms with Gasteiger partial charge in [-0.25, -0.2) is 0 Å². The highest BCUT2D eigenvalue weighted by atomic mass is 16.6. The molecule has 2 unspecified atom stereocenters. The fourth-order valence-corrected chi connectivity index (χ4v) is 4.14. The molecule has 2 heterocycles. The summed E-state index contributed by atoms with van der Waals surface area (Å²) in [5.74, 6) is 0.933. The molecule has 1 aliphatic heterocycles. The van der Waals surface area contributed by atoms with Gasteiger partial charge in [-0.15, -0.1) is 0 Å². The molecule has 5 heteroatoms. The first-order valence-corrected chi connectivity index (χ1v) is 9.54. The van der Waals surface area contributed by atoms with E-state index in [1.165, 1.54) is 0 Å². The van der Waals surface area contributed by atoms with Crippen molar-refractivity contribution in [2.24, 2.45) is 5.92 Å². The van der Waals surface area contributed by atoms with Crippen molar-refractivity contribution in [3.05, 3.63) is 34.9 Å². The lowest BCUT2D eigenvalue weighted by Gasteiger charge is -2.12. The number of epoxide rings is 1. The molecule has 0 saturated carbocycles. The topological polar surface area (TPSA) is 89.0 Å². The first-order chi connectivity index (χ1) is 12.8. The second kappa shape index (κ2) is 6.14. The molecule has 4 rings (SSSR count). The number of rotatable bonds is 5. The lowest BCUT2D eigenvalue weighted by atomic mass is 9.90. The van der Waals surface area contributed by atoms with Crippen molar-refractivity contribution in [2.75, 3.05) is 0 Å². The van der Waals surface area contributed by atoms with Crippen LogP contribution in [-0.4, -0.2) is 25.9 Å². The molecule has 0 aliphatic carbocycles. The smallest absolute Gasteiger partial charge is 0.139 e. The number of benzene rings is 2. The van der Waals surface area contributed by atoms with Crippen molar-refractivity contribution < 1.29 is 20.1 Å². The molecule has 2 atom stereocenters. The molecule has 1 aromatic heterocycles. The number of ether oxygens (including phenoxy) is 1. The molecule has 0 bridgehead atoms. The number of hydrogen-bond acceptors (Lipinski definition) is 4. The minimum atomic E-state index is -0.241. The number of nitrogens with one attached hydrogen (secondary N) is 1. The first-order valence-electron chi connectivity index (χ1n) is 9.54. The Kier molecular flexibility index (Phi) is 4.13. The summed E-state index contributed by atoms with van der Waals surface area (Å²) in [7, 11) is 0. The molecule has 1 saturated heterocycles. The van der Waals surface area contributed by atoms with Crippen LogP contribution in [0.5, 0.6) is 11.5 Å². The number of H-pyrrole nitrogens is 1. The Balaban J connectivity index is 1.93. The molecular formula is C22H27NO4. The number of aliphatic hydroxyl groups is 1. The Labute approximate surface area is 158 Å². The van der Waals surface area contributed by atoms with Crippen molar-refractivity contribution in [3.8, 4) is 11.5 Å². The number of phenols is 2. The van der Waals surface area contributed by atoms with Crippen molar-refractivity contribution >= 4 is 21.8 Å². The molecule has 27 heavy (non-hydrogen) atoms. The van der Waals surface area contributed by atoms with Crippen LogP contribution in [0.3, 0.4) is 0 Å². The normalized spacial score (nSPS) is 22.2. The second-order valence-electron chi connectivity index (χ2n) is 8.38. The maximum Gasteiger partial charge on any atom is 0.139 e. The lowest BCUT2D eigenvalue weighted by Crippen LogP contribution is -2.09. The van der Waals surface area contributed by atoms with Crippen LogP contribution in [0, 0.1) is 12.8 Å². The van der Waals surface area contributed by atoms with E-state index in [0.717, 1.165) is 40.3 Å². The van der Waals surface area contributed by atoms with Crippen LogP contribution in [0.2, 0.25) is 0 Å². The summed E-state index contributed by atoms with van der Waals surface area (Å²) in [5.41, 5.74) is 3.63. The molecule has 0 radical (unpaired) electrons. The molecule has 2 aromatic carbocycles. The SMILES string of the molecule is Cc1c(O)cc2c([nH]c3c(O)ccc(CO)c32)c1C1OC1(C)CCC(C)C. The largest absolute Gasteiger partial charge is 0.508 e. The van der Waals surface area contributed by atoms with Gasteiger partial charge in [0.2, 0.25) is 0 Å². The van der Waals surface area contributed by atoms with Gasteiger partial charge in [-0.2, -0.15) is 0 Å². The van der Waals surface area contributed by atoms with Crippen LogP contribution in [0.1, 0.15) is 56.4 Å². The number of fused-ring (bicyclic) bond motifs is 3. The van der Waals surface area contributed by atoms with E-state index in [9.17, 15) is 15.3 Å². The van der Waals surface area contributed by atoms with Crippen LogP contribution in [0.15, 0.2) is 18.2 Å². The van der Waals surface area contributed by atoms with Gasteiger partial charge in [0.05, 0.1) is 23.2 Å². The second-order valence-corrected chi connectivity index (χ2v) is 8.38. The van der Waals surface area contributed by atoms with Crippen LogP contribution in [0.4, 0.5) is 0 Å². The van der Waals surface area contributed by atoms with E-state index in [0.29, 0.717) is 17.0 Å². The average Bonchev–Trinajstić information content (AvgIpc) is 3.13. The monoisotopic (exact) mass is 369 g/mol. The molecule has 1 aliphatic rings. The number of aromatic amines is 1. The molecule has 4 N–H and O–H groups in total. The molecule has 3 aromatic rings. The molecular weight excluding hydrogens is 342 g/mol. The van der Waals surface area contributed by atoms with E-state index in [1.807, 2.05) is 6.92 Å². The first kappa shape index (κ1) is 18.1. The predicted molar refractivity (Wildman–Crippen MR) is 106 cm³/mol. The summed E-state index contributed by atoms with van der Waals surface area (Å²) in [5, 5.41) is 32.2. The third-order valence-corrected chi connectivity index (χ3v) is 5.93. The number of aromatic nitrogens is 1. The zero-order chi connectivity index (χ0) is 19.5. The number of aromatic hydroxyl groups is 2. The van der Waals surface area contributed by atoms with Crippen molar-refractivity contribution in [1.82, 2.24) is 4.98 Å². The minimum absolute atomic E-state index is 0.0985. The summed E-state index contributed by atoms with van der Waals surface area (Å²) >= 11 is 0. The van der Waals surface area contributed by atoms with Gasteiger partial charge in [0.25, 0.3) is 0 Å². The van der Waals surface area contributed by atoms with E-state index in [1.54, 1.807) is 18.2 Å².